The number of ether oxygens (including phenoxy) is 2. The summed E-state index contributed by atoms with van der Waals surface area (Å²) in [7, 11) is 0.139. The summed E-state index contributed by atoms with van der Waals surface area (Å²) in [6, 6.07) is 1.03. The first kappa shape index (κ1) is 13.8. The second kappa shape index (κ2) is 6.49. The summed E-state index contributed by atoms with van der Waals surface area (Å²) in [5.41, 5.74) is 0. The quantitative estimate of drug-likeness (QED) is 0.455. The number of methoxy groups -OCH3 is 1. The molecule has 0 radical (unpaired) electrons. The van der Waals surface area contributed by atoms with Crippen LogP contribution in [0.25, 0.3) is 0 Å². The predicted octanol–water partition coefficient (Wildman–Crippen LogP) is 2.74. The zero-order valence-corrected chi connectivity index (χ0v) is 13.7. The summed E-state index contributed by atoms with van der Waals surface area (Å²) in [5.74, 6) is -0.500. The smallest absolute Gasteiger partial charge is 0.374 e. The lowest BCUT2D eigenvalue weighted by molar-refractivity contribution is 0.0531. The fourth-order valence-corrected chi connectivity index (χ4v) is 2.36. The van der Waals surface area contributed by atoms with Crippen LogP contribution in [-0.4, -0.2) is 37.3 Å². The van der Waals surface area contributed by atoms with Gasteiger partial charge in [-0.15, -0.1) is 0 Å². The Morgan fingerprint density at radius 2 is 2.28 bits per heavy atom. The van der Waals surface area contributed by atoms with Crippen LogP contribution >= 0.6 is 15.9 Å². The first-order chi connectivity index (χ1) is 8.76. The van der Waals surface area contributed by atoms with Gasteiger partial charge in [0.15, 0.2) is 0 Å². The highest BCUT2D eigenvalue weighted by Gasteiger charge is 2.16. The zero-order valence-electron chi connectivity index (χ0n) is 12.1. The number of imidazole rings is 1. The zero-order chi connectivity index (χ0) is 14.6. The molecule has 0 aliphatic carbocycles. The van der Waals surface area contributed by atoms with E-state index in [1.165, 1.54) is 11.7 Å². The Bertz CT molecular complexity index is 460. The van der Waals surface area contributed by atoms with Crippen molar-refractivity contribution in [3.63, 3.8) is 0 Å². The Balaban J connectivity index is 2.69. The van der Waals surface area contributed by atoms with Crippen LogP contribution in [0.2, 0.25) is 25.7 Å². The van der Waals surface area contributed by atoms with Crippen LogP contribution in [0.1, 0.15) is 12.0 Å². The van der Waals surface area contributed by atoms with Crippen molar-refractivity contribution in [1.29, 1.82) is 0 Å². The molecular weight excluding hydrogens is 316 g/mol. The van der Waals surface area contributed by atoms with Gasteiger partial charge in [-0.3, -0.25) is 0 Å². The second-order valence-corrected chi connectivity index (χ2v) is 11.5. The fraction of sp³-hybridized carbons (Fsp3) is 0.636. The number of rotatable bonds is 6. The van der Waals surface area contributed by atoms with Crippen LogP contribution in [0.5, 0.6) is 0 Å². The van der Waals surface area contributed by atoms with Crippen LogP contribution < -0.4 is 0 Å². The number of hydrogen-bond donors (Lipinski definition) is 0. The monoisotopic (exact) mass is 335 g/mol. The standard InChI is InChI=1S/C11H19BrN2O3Si/c1-16-11(15)10-13-9(12)7-14(10)8-17-5-6-18(2,3)4/h7H,5-6,8H2,1-4H3/i7D. The van der Waals surface area contributed by atoms with E-state index in [9.17, 15) is 4.79 Å². The lowest BCUT2D eigenvalue weighted by atomic mass is 10.6. The minimum absolute atomic E-state index is 0.0763. The van der Waals surface area contributed by atoms with Gasteiger partial charge in [-0.2, -0.15) is 0 Å². The number of halogens is 1. The maximum Gasteiger partial charge on any atom is 0.374 e. The van der Waals surface area contributed by atoms with Crippen LogP contribution in [0, 0.1) is 0 Å². The summed E-state index contributed by atoms with van der Waals surface area (Å²) in [6.07, 6.45) is 0.105. The summed E-state index contributed by atoms with van der Waals surface area (Å²) in [5, 5.41) is 0. The molecular formula is C11H19BrN2O3Si. The van der Waals surface area contributed by atoms with Crippen molar-refractivity contribution < 1.29 is 15.6 Å². The Morgan fingerprint density at radius 3 is 2.83 bits per heavy atom. The summed E-state index contributed by atoms with van der Waals surface area (Å²) >= 11 is 3.13. The SMILES string of the molecule is [2H]c1c(Br)nc(C(=O)OC)n1COCC[Si](C)(C)C. The highest BCUT2D eigenvalue weighted by molar-refractivity contribution is 9.10. The molecule has 0 unspecified atom stereocenters. The minimum Gasteiger partial charge on any atom is -0.463 e. The molecule has 7 heteroatoms. The normalized spacial score (nSPS) is 12.4. The molecule has 1 rings (SSSR count). The number of aromatic nitrogens is 2. The van der Waals surface area contributed by atoms with E-state index in [-0.39, 0.29) is 18.7 Å². The van der Waals surface area contributed by atoms with Crippen molar-refractivity contribution in [2.75, 3.05) is 13.7 Å². The van der Waals surface area contributed by atoms with Crippen molar-refractivity contribution >= 4 is 30.0 Å². The molecule has 102 valence electrons. The highest BCUT2D eigenvalue weighted by Crippen LogP contribution is 2.12. The third kappa shape index (κ3) is 4.91. The van der Waals surface area contributed by atoms with Crippen molar-refractivity contribution in [2.24, 2.45) is 0 Å². The lowest BCUT2D eigenvalue weighted by Crippen LogP contribution is -2.22. The Morgan fingerprint density at radius 1 is 1.61 bits per heavy atom. The average molecular weight is 336 g/mol. The molecule has 0 aliphatic heterocycles. The summed E-state index contributed by atoms with van der Waals surface area (Å²) < 4.78 is 19.7. The average Bonchev–Trinajstić information content (AvgIpc) is 2.60. The van der Waals surface area contributed by atoms with Crippen molar-refractivity contribution in [2.45, 2.75) is 32.4 Å². The van der Waals surface area contributed by atoms with Gasteiger partial charge in [0.05, 0.1) is 8.48 Å². The fourth-order valence-electron chi connectivity index (χ4n) is 1.22. The number of carbonyl (C=O) groups excluding carboxylic acids is 1. The van der Waals surface area contributed by atoms with Gasteiger partial charge in [-0.05, 0) is 22.0 Å². The predicted molar refractivity (Wildman–Crippen MR) is 75.4 cm³/mol. The molecule has 0 saturated heterocycles. The molecule has 1 heterocycles. The first-order valence-corrected chi connectivity index (χ1v) is 10.1. The van der Waals surface area contributed by atoms with Gasteiger partial charge in [-0.25, -0.2) is 9.78 Å². The summed E-state index contributed by atoms with van der Waals surface area (Å²) in [4.78, 5) is 15.5. The molecule has 0 aliphatic rings. The Kier molecular flexibility index (Phi) is 4.96. The number of carbonyl (C=O) groups is 1. The molecule has 5 nitrogen and oxygen atoms in total. The van der Waals surface area contributed by atoms with E-state index >= 15 is 0 Å². The maximum atomic E-state index is 11.5. The van der Waals surface area contributed by atoms with Gasteiger partial charge in [0.1, 0.15) is 11.3 Å². The minimum atomic E-state index is -1.14. The van der Waals surface area contributed by atoms with E-state index in [0.29, 0.717) is 11.2 Å². The van der Waals surface area contributed by atoms with Gasteiger partial charge in [0.25, 0.3) is 0 Å². The molecule has 0 N–H and O–H groups in total. The molecule has 1 aromatic rings. The van der Waals surface area contributed by atoms with Gasteiger partial charge < -0.3 is 14.0 Å². The first-order valence-electron chi connectivity index (χ1n) is 6.15. The Labute approximate surface area is 118 Å². The topological polar surface area (TPSA) is 53.3 Å². The van der Waals surface area contributed by atoms with Crippen LogP contribution in [0.4, 0.5) is 0 Å². The molecule has 0 atom stereocenters. The largest absolute Gasteiger partial charge is 0.463 e. The van der Waals surface area contributed by atoms with Crippen LogP contribution in [-0.2, 0) is 16.2 Å². The van der Waals surface area contributed by atoms with Crippen LogP contribution in [0.15, 0.2) is 10.8 Å². The van der Waals surface area contributed by atoms with E-state index in [4.69, 9.17) is 6.11 Å². The molecule has 0 aromatic carbocycles. The molecule has 0 spiro atoms. The van der Waals surface area contributed by atoms with E-state index in [1.54, 1.807) is 0 Å². The van der Waals surface area contributed by atoms with Gasteiger partial charge in [0.2, 0.25) is 5.82 Å². The highest BCUT2D eigenvalue weighted by atomic mass is 79.9. The number of esters is 1. The summed E-state index contributed by atoms with van der Waals surface area (Å²) in [6.45, 7) is 7.54. The third-order valence-corrected chi connectivity index (χ3v) is 4.33. The molecule has 1 aromatic heterocycles. The van der Waals surface area contributed by atoms with Crippen molar-refractivity contribution in [3.8, 4) is 0 Å². The van der Waals surface area contributed by atoms with Crippen molar-refractivity contribution in [1.82, 2.24) is 9.55 Å². The maximum absolute atomic E-state index is 11.5. The molecule has 0 saturated carbocycles. The molecule has 18 heavy (non-hydrogen) atoms. The van der Waals surface area contributed by atoms with Gasteiger partial charge in [-0.1, -0.05) is 19.6 Å². The van der Waals surface area contributed by atoms with Gasteiger partial charge in [0, 0.05) is 20.9 Å². The lowest BCUT2D eigenvalue weighted by Gasteiger charge is -2.15. The van der Waals surface area contributed by atoms with E-state index in [2.05, 4.69) is 45.3 Å². The third-order valence-electron chi connectivity index (χ3n) is 2.27. The number of hydrogen-bond acceptors (Lipinski definition) is 4. The van der Waals surface area contributed by atoms with Crippen molar-refractivity contribution in [3.05, 3.63) is 16.6 Å². The van der Waals surface area contributed by atoms with Crippen LogP contribution in [0.3, 0.4) is 0 Å². The van der Waals surface area contributed by atoms with E-state index in [0.717, 1.165) is 6.04 Å². The number of nitrogens with zero attached hydrogens (tertiary/aromatic N) is 2. The van der Waals surface area contributed by atoms with Gasteiger partial charge >= 0.3 is 5.97 Å². The molecule has 0 fully saturated rings. The molecule has 0 amide bonds. The molecule has 0 bridgehead atoms. The second-order valence-electron chi connectivity index (χ2n) is 5.11. The Hall–Kier alpha value is -0.663. The van der Waals surface area contributed by atoms with E-state index < -0.39 is 14.0 Å². The van der Waals surface area contributed by atoms with E-state index in [1.807, 2.05) is 0 Å².